The highest BCUT2D eigenvalue weighted by Crippen LogP contribution is 2.27. The quantitative estimate of drug-likeness (QED) is 0.644. The number of carbonyl (C=O) groups excluding carboxylic acids is 1. The maximum absolute atomic E-state index is 11.5. The highest BCUT2D eigenvalue weighted by molar-refractivity contribution is 5.84. The molecule has 1 saturated heterocycles. The van der Waals surface area contributed by atoms with Gasteiger partial charge in [-0.25, -0.2) is 4.99 Å². The maximum atomic E-state index is 11.5. The molecule has 22 heavy (non-hydrogen) atoms. The Hall–Kier alpha value is -2.59. The van der Waals surface area contributed by atoms with E-state index in [1.807, 2.05) is 25.1 Å². The van der Waals surface area contributed by atoms with E-state index < -0.39 is 11.9 Å². The molecule has 116 valence electrons. The zero-order chi connectivity index (χ0) is 16.1. The first-order valence-electron chi connectivity index (χ1n) is 6.91. The van der Waals surface area contributed by atoms with Gasteiger partial charge in [-0.1, -0.05) is 0 Å². The molecule has 1 aromatic rings. The van der Waals surface area contributed by atoms with E-state index in [-0.39, 0.29) is 6.61 Å². The summed E-state index contributed by atoms with van der Waals surface area (Å²) >= 11 is 0. The predicted molar refractivity (Wildman–Crippen MR) is 84.1 cm³/mol. The molecule has 7 heteroatoms. The van der Waals surface area contributed by atoms with Crippen LogP contribution in [-0.2, 0) is 9.53 Å². The Kier molecular flexibility index (Phi) is 4.96. The Bertz CT molecular complexity index is 621. The number of rotatable bonds is 4. The number of carbonyl (C=O) groups is 1. The number of aliphatic imine (C=N–C) groups is 1. The van der Waals surface area contributed by atoms with Crippen molar-refractivity contribution in [2.45, 2.75) is 6.04 Å². The van der Waals surface area contributed by atoms with Gasteiger partial charge in [0.1, 0.15) is 12.1 Å². The van der Waals surface area contributed by atoms with Crippen LogP contribution in [0.1, 0.15) is 5.56 Å². The van der Waals surface area contributed by atoms with Crippen molar-refractivity contribution in [2.75, 3.05) is 38.8 Å². The molecule has 0 aromatic heterocycles. The number of benzene rings is 1. The summed E-state index contributed by atoms with van der Waals surface area (Å²) in [5, 5.41) is 9.31. The minimum atomic E-state index is -0.517. The standard InChI is InChI=1S/C15H19N5O2/c1-19(2)10-18-13-4-3-12(7-11(13)8-16)20-5-6-22-9-14(20)15(17)21/h3-4,7,10,14H,5-6,9H2,1-2H3,(H2,17,21). The summed E-state index contributed by atoms with van der Waals surface area (Å²) in [7, 11) is 3.71. The number of hydrogen-bond acceptors (Lipinski definition) is 5. The van der Waals surface area contributed by atoms with Gasteiger partial charge >= 0.3 is 0 Å². The topological polar surface area (TPSA) is 94.9 Å². The first kappa shape index (κ1) is 15.8. The van der Waals surface area contributed by atoms with E-state index in [0.717, 1.165) is 5.69 Å². The van der Waals surface area contributed by atoms with E-state index in [1.54, 1.807) is 23.4 Å². The van der Waals surface area contributed by atoms with Crippen LogP contribution in [0, 0.1) is 11.3 Å². The van der Waals surface area contributed by atoms with Gasteiger partial charge in [-0.2, -0.15) is 5.26 Å². The Morgan fingerprint density at radius 3 is 3.00 bits per heavy atom. The summed E-state index contributed by atoms with van der Waals surface area (Å²) in [6, 6.07) is 6.95. The third-order valence-corrected chi connectivity index (χ3v) is 3.32. The van der Waals surface area contributed by atoms with Crippen LogP contribution in [0.2, 0.25) is 0 Å². The summed E-state index contributed by atoms with van der Waals surface area (Å²) < 4.78 is 5.30. The van der Waals surface area contributed by atoms with Crippen LogP contribution in [0.4, 0.5) is 11.4 Å². The van der Waals surface area contributed by atoms with Gasteiger partial charge in [0.25, 0.3) is 0 Å². The van der Waals surface area contributed by atoms with Crippen molar-refractivity contribution in [1.29, 1.82) is 5.26 Å². The molecule has 1 fully saturated rings. The van der Waals surface area contributed by atoms with E-state index >= 15 is 0 Å². The second-order valence-corrected chi connectivity index (χ2v) is 5.21. The Morgan fingerprint density at radius 2 is 2.36 bits per heavy atom. The number of morpholine rings is 1. The lowest BCUT2D eigenvalue weighted by Gasteiger charge is -2.35. The Balaban J connectivity index is 2.32. The molecule has 1 atom stereocenters. The number of nitrogens with zero attached hydrogens (tertiary/aromatic N) is 4. The number of hydrogen-bond donors (Lipinski definition) is 1. The number of amides is 1. The monoisotopic (exact) mass is 301 g/mol. The SMILES string of the molecule is CN(C)C=Nc1ccc(N2CCOCC2C(N)=O)cc1C#N. The van der Waals surface area contributed by atoms with Crippen molar-refractivity contribution in [3.05, 3.63) is 23.8 Å². The first-order chi connectivity index (χ1) is 10.5. The van der Waals surface area contributed by atoms with Crippen LogP contribution < -0.4 is 10.6 Å². The van der Waals surface area contributed by atoms with Crippen LogP contribution in [0.15, 0.2) is 23.2 Å². The van der Waals surface area contributed by atoms with Gasteiger partial charge in [0.15, 0.2) is 0 Å². The van der Waals surface area contributed by atoms with E-state index in [1.165, 1.54) is 0 Å². The third kappa shape index (κ3) is 3.54. The zero-order valence-electron chi connectivity index (χ0n) is 12.7. The molecule has 0 bridgehead atoms. The normalized spacial score (nSPS) is 18.2. The summed E-state index contributed by atoms with van der Waals surface area (Å²) in [4.78, 5) is 19.5. The number of nitriles is 1. The van der Waals surface area contributed by atoms with Gasteiger partial charge in [-0.05, 0) is 18.2 Å². The highest BCUT2D eigenvalue weighted by Gasteiger charge is 2.28. The van der Waals surface area contributed by atoms with Crippen molar-refractivity contribution < 1.29 is 9.53 Å². The fourth-order valence-electron chi connectivity index (χ4n) is 2.23. The minimum Gasteiger partial charge on any atom is -0.377 e. The number of primary amides is 1. The third-order valence-electron chi connectivity index (χ3n) is 3.32. The molecule has 1 unspecified atom stereocenters. The minimum absolute atomic E-state index is 0.262. The lowest BCUT2D eigenvalue weighted by atomic mass is 10.1. The number of ether oxygens (including phenoxy) is 1. The fraction of sp³-hybridized carbons (Fsp3) is 0.400. The van der Waals surface area contributed by atoms with Crippen LogP contribution in [0.3, 0.4) is 0 Å². The summed E-state index contributed by atoms with van der Waals surface area (Å²) in [6.07, 6.45) is 1.64. The Morgan fingerprint density at radius 1 is 1.59 bits per heavy atom. The lowest BCUT2D eigenvalue weighted by Crippen LogP contribution is -2.52. The smallest absolute Gasteiger partial charge is 0.242 e. The maximum Gasteiger partial charge on any atom is 0.242 e. The second kappa shape index (κ2) is 6.91. The Labute approximate surface area is 129 Å². The van der Waals surface area contributed by atoms with E-state index in [4.69, 9.17) is 10.5 Å². The number of anilines is 1. The lowest BCUT2D eigenvalue weighted by molar-refractivity contribution is -0.121. The molecular weight excluding hydrogens is 282 g/mol. The van der Waals surface area contributed by atoms with Gasteiger partial charge in [-0.3, -0.25) is 4.79 Å². The molecule has 7 nitrogen and oxygen atoms in total. The molecule has 0 saturated carbocycles. The largest absolute Gasteiger partial charge is 0.377 e. The summed E-state index contributed by atoms with van der Waals surface area (Å²) in [6.45, 7) is 1.34. The van der Waals surface area contributed by atoms with E-state index in [0.29, 0.717) is 24.4 Å². The molecule has 0 aliphatic carbocycles. The molecule has 2 rings (SSSR count). The fourth-order valence-corrected chi connectivity index (χ4v) is 2.23. The van der Waals surface area contributed by atoms with Gasteiger partial charge in [0, 0.05) is 26.3 Å². The molecule has 1 amide bonds. The molecule has 1 heterocycles. The van der Waals surface area contributed by atoms with Crippen molar-refractivity contribution in [2.24, 2.45) is 10.7 Å². The average Bonchev–Trinajstić information content (AvgIpc) is 2.52. The molecule has 1 aliphatic rings. The van der Waals surface area contributed by atoms with Crippen LogP contribution >= 0.6 is 0 Å². The highest BCUT2D eigenvalue weighted by atomic mass is 16.5. The van der Waals surface area contributed by atoms with Crippen LogP contribution in [0.25, 0.3) is 0 Å². The van der Waals surface area contributed by atoms with Gasteiger partial charge in [0.05, 0.1) is 30.8 Å². The molecule has 2 N–H and O–H groups in total. The molecule has 1 aromatic carbocycles. The van der Waals surface area contributed by atoms with E-state index in [2.05, 4.69) is 11.1 Å². The molecule has 1 aliphatic heterocycles. The predicted octanol–water partition coefficient (Wildman–Crippen LogP) is 0.470. The zero-order valence-corrected chi connectivity index (χ0v) is 12.7. The number of nitrogens with two attached hydrogens (primary N) is 1. The van der Waals surface area contributed by atoms with Crippen LogP contribution in [-0.4, -0.2) is 57.0 Å². The first-order valence-corrected chi connectivity index (χ1v) is 6.91. The van der Waals surface area contributed by atoms with Crippen LogP contribution in [0.5, 0.6) is 0 Å². The van der Waals surface area contributed by atoms with Gasteiger partial charge in [0.2, 0.25) is 5.91 Å². The second-order valence-electron chi connectivity index (χ2n) is 5.21. The van der Waals surface area contributed by atoms with Crippen molar-refractivity contribution in [3.63, 3.8) is 0 Å². The summed E-state index contributed by atoms with van der Waals surface area (Å²) in [5.74, 6) is -0.437. The van der Waals surface area contributed by atoms with Crippen molar-refractivity contribution >= 4 is 23.6 Å². The average molecular weight is 301 g/mol. The molecule has 0 spiro atoms. The molecular formula is C15H19N5O2. The van der Waals surface area contributed by atoms with Gasteiger partial charge in [-0.15, -0.1) is 0 Å². The van der Waals surface area contributed by atoms with E-state index in [9.17, 15) is 10.1 Å². The van der Waals surface area contributed by atoms with Crippen molar-refractivity contribution in [1.82, 2.24) is 4.90 Å². The molecule has 0 radical (unpaired) electrons. The summed E-state index contributed by atoms with van der Waals surface area (Å²) in [5.41, 5.74) is 7.23. The van der Waals surface area contributed by atoms with Gasteiger partial charge < -0.3 is 20.3 Å². The van der Waals surface area contributed by atoms with Crippen molar-refractivity contribution in [3.8, 4) is 6.07 Å².